The van der Waals surface area contributed by atoms with Crippen LogP contribution in [0.15, 0.2) is 0 Å². The van der Waals surface area contributed by atoms with Gasteiger partial charge in [0.15, 0.2) is 5.72 Å². The van der Waals surface area contributed by atoms with Gasteiger partial charge in [0.25, 0.3) is 0 Å². The third kappa shape index (κ3) is 2.89. The molecule has 1 aliphatic rings. The summed E-state index contributed by atoms with van der Waals surface area (Å²) in [4.78, 5) is 0. The van der Waals surface area contributed by atoms with Gasteiger partial charge in [-0.3, -0.25) is 5.32 Å². The Morgan fingerprint density at radius 3 is 2.60 bits per heavy atom. The van der Waals surface area contributed by atoms with Crippen LogP contribution in [0.2, 0.25) is 0 Å². The van der Waals surface area contributed by atoms with Crippen LogP contribution in [0.1, 0.15) is 26.2 Å². The SMILES string of the molecule is CCCCCN[C@]1(CO)O[CH][C@H](O)[C@@H]1O. The standard InChI is InChI=1S/C10H20NO4/c1-2-3-4-5-11-10(7-12)9(14)8(13)6-15-10/h6,8-9,11-14H,2-5,7H2,1H3/t8-,9-,10+/m0/s1. The van der Waals surface area contributed by atoms with Crippen LogP contribution < -0.4 is 5.32 Å². The van der Waals surface area contributed by atoms with Gasteiger partial charge in [-0.2, -0.15) is 0 Å². The summed E-state index contributed by atoms with van der Waals surface area (Å²) in [6, 6.07) is 0. The molecule has 4 N–H and O–H groups in total. The largest absolute Gasteiger partial charge is 0.392 e. The summed E-state index contributed by atoms with van der Waals surface area (Å²) in [6.07, 6.45) is 0.965. The molecule has 0 spiro atoms. The second kappa shape index (κ2) is 5.77. The molecule has 1 rings (SSSR count). The lowest BCUT2D eigenvalue weighted by atomic mass is 10.1. The maximum Gasteiger partial charge on any atom is 0.171 e. The van der Waals surface area contributed by atoms with Crippen molar-refractivity contribution in [3.05, 3.63) is 6.61 Å². The number of hydrogen-bond acceptors (Lipinski definition) is 5. The zero-order chi connectivity index (χ0) is 11.3. The van der Waals surface area contributed by atoms with E-state index in [1.165, 1.54) is 0 Å². The number of aliphatic hydroxyl groups is 3. The average molecular weight is 218 g/mol. The Hall–Kier alpha value is -0.200. The number of aliphatic hydroxyl groups excluding tert-OH is 3. The molecule has 15 heavy (non-hydrogen) atoms. The fourth-order valence-corrected chi connectivity index (χ4v) is 1.62. The molecule has 0 bridgehead atoms. The van der Waals surface area contributed by atoms with Gasteiger partial charge < -0.3 is 20.1 Å². The first-order valence-corrected chi connectivity index (χ1v) is 5.39. The summed E-state index contributed by atoms with van der Waals surface area (Å²) in [7, 11) is 0. The maximum atomic E-state index is 9.64. The maximum absolute atomic E-state index is 9.64. The number of ether oxygens (including phenoxy) is 1. The first-order valence-electron chi connectivity index (χ1n) is 5.39. The van der Waals surface area contributed by atoms with E-state index >= 15 is 0 Å². The van der Waals surface area contributed by atoms with Gasteiger partial charge in [0.1, 0.15) is 18.8 Å². The zero-order valence-electron chi connectivity index (χ0n) is 9.02. The van der Waals surface area contributed by atoms with Crippen LogP contribution in [0.5, 0.6) is 0 Å². The lowest BCUT2D eigenvalue weighted by Gasteiger charge is -2.30. The molecule has 0 amide bonds. The third-order valence-corrected chi connectivity index (χ3v) is 2.66. The highest BCUT2D eigenvalue weighted by Crippen LogP contribution is 2.26. The second-order valence-electron chi connectivity index (χ2n) is 3.87. The molecule has 89 valence electrons. The van der Waals surface area contributed by atoms with Gasteiger partial charge in [-0.1, -0.05) is 19.8 Å². The van der Waals surface area contributed by atoms with Gasteiger partial charge in [-0.15, -0.1) is 0 Å². The summed E-state index contributed by atoms with van der Waals surface area (Å²) >= 11 is 0. The van der Waals surface area contributed by atoms with E-state index in [9.17, 15) is 15.3 Å². The fraction of sp³-hybridized carbons (Fsp3) is 0.900. The Morgan fingerprint density at radius 2 is 2.13 bits per heavy atom. The highest BCUT2D eigenvalue weighted by molar-refractivity contribution is 5.00. The van der Waals surface area contributed by atoms with Gasteiger partial charge in [-0.25, -0.2) is 0 Å². The van der Waals surface area contributed by atoms with E-state index in [2.05, 4.69) is 12.2 Å². The molecule has 1 radical (unpaired) electrons. The Bertz CT molecular complexity index is 190. The Morgan fingerprint density at radius 1 is 1.40 bits per heavy atom. The molecule has 0 aromatic carbocycles. The smallest absolute Gasteiger partial charge is 0.171 e. The highest BCUT2D eigenvalue weighted by Gasteiger charge is 2.48. The molecule has 0 unspecified atom stereocenters. The average Bonchev–Trinajstić information content (AvgIpc) is 2.53. The van der Waals surface area contributed by atoms with Crippen LogP contribution in [0.25, 0.3) is 0 Å². The van der Waals surface area contributed by atoms with Crippen LogP contribution in [0.4, 0.5) is 0 Å². The monoisotopic (exact) mass is 218 g/mol. The molecule has 5 nitrogen and oxygen atoms in total. The number of rotatable bonds is 6. The molecular weight excluding hydrogens is 198 g/mol. The van der Waals surface area contributed by atoms with Crippen molar-refractivity contribution in [3.8, 4) is 0 Å². The predicted molar refractivity (Wildman–Crippen MR) is 54.7 cm³/mol. The van der Waals surface area contributed by atoms with Crippen LogP contribution in [0, 0.1) is 6.61 Å². The van der Waals surface area contributed by atoms with Crippen molar-refractivity contribution in [1.29, 1.82) is 0 Å². The van der Waals surface area contributed by atoms with Crippen molar-refractivity contribution in [3.63, 3.8) is 0 Å². The van der Waals surface area contributed by atoms with Gasteiger partial charge in [0.05, 0.1) is 6.61 Å². The Kier molecular flexibility index (Phi) is 4.95. The summed E-state index contributed by atoms with van der Waals surface area (Å²) < 4.78 is 5.11. The summed E-state index contributed by atoms with van der Waals surface area (Å²) in [5.74, 6) is 0. The quantitative estimate of drug-likeness (QED) is 0.446. The minimum Gasteiger partial charge on any atom is -0.392 e. The van der Waals surface area contributed by atoms with Gasteiger partial charge in [0.2, 0.25) is 0 Å². The topological polar surface area (TPSA) is 82.0 Å². The minimum absolute atomic E-state index is 0.367. The Labute approximate surface area is 90.1 Å². The predicted octanol–water partition coefficient (Wildman–Crippen LogP) is -0.631. The second-order valence-corrected chi connectivity index (χ2v) is 3.87. The molecule has 0 saturated carbocycles. The lowest BCUT2D eigenvalue weighted by Crippen LogP contribution is -2.57. The van der Waals surface area contributed by atoms with E-state index in [1.807, 2.05) is 0 Å². The van der Waals surface area contributed by atoms with Crippen molar-refractivity contribution in [1.82, 2.24) is 5.32 Å². The van der Waals surface area contributed by atoms with E-state index in [4.69, 9.17) is 4.74 Å². The minimum atomic E-state index is -1.23. The Balaban J connectivity index is 2.40. The molecule has 5 heteroatoms. The van der Waals surface area contributed by atoms with Crippen LogP contribution >= 0.6 is 0 Å². The molecular formula is C10H20NO4. The molecule has 1 fully saturated rings. The van der Waals surface area contributed by atoms with Crippen molar-refractivity contribution < 1.29 is 20.1 Å². The summed E-state index contributed by atoms with van der Waals surface area (Å²) in [5.41, 5.74) is -1.23. The first kappa shape index (κ1) is 12.9. The van der Waals surface area contributed by atoms with Gasteiger partial charge in [0, 0.05) is 0 Å². The van der Waals surface area contributed by atoms with Gasteiger partial charge >= 0.3 is 0 Å². The molecule has 1 aliphatic heterocycles. The molecule has 1 heterocycles. The molecule has 3 atom stereocenters. The van der Waals surface area contributed by atoms with Crippen LogP contribution in [-0.2, 0) is 4.74 Å². The zero-order valence-corrected chi connectivity index (χ0v) is 9.02. The lowest BCUT2D eigenvalue weighted by molar-refractivity contribution is -0.109. The molecule has 0 aromatic rings. The molecule has 1 saturated heterocycles. The van der Waals surface area contributed by atoms with Gasteiger partial charge in [-0.05, 0) is 13.0 Å². The fourth-order valence-electron chi connectivity index (χ4n) is 1.62. The van der Waals surface area contributed by atoms with Crippen LogP contribution in [-0.4, -0.2) is 46.4 Å². The number of hydrogen-bond donors (Lipinski definition) is 4. The molecule has 0 aliphatic carbocycles. The first-order chi connectivity index (χ1) is 7.16. The summed E-state index contributed by atoms with van der Waals surface area (Å²) in [6.45, 7) is 3.52. The van der Waals surface area contributed by atoms with E-state index in [0.717, 1.165) is 25.9 Å². The summed E-state index contributed by atoms with van der Waals surface area (Å²) in [5, 5.41) is 31.1. The van der Waals surface area contributed by atoms with Crippen molar-refractivity contribution in [2.24, 2.45) is 0 Å². The van der Waals surface area contributed by atoms with E-state index in [1.54, 1.807) is 0 Å². The van der Waals surface area contributed by atoms with Crippen molar-refractivity contribution in [2.45, 2.75) is 44.1 Å². The van der Waals surface area contributed by atoms with Crippen molar-refractivity contribution >= 4 is 0 Å². The van der Waals surface area contributed by atoms with E-state index in [-0.39, 0.29) is 6.61 Å². The normalized spacial score (nSPS) is 36.0. The number of nitrogens with one attached hydrogen (secondary N) is 1. The van der Waals surface area contributed by atoms with E-state index < -0.39 is 17.9 Å². The van der Waals surface area contributed by atoms with E-state index in [0.29, 0.717) is 6.54 Å². The molecule has 0 aromatic heterocycles. The number of unbranched alkanes of at least 4 members (excludes halogenated alkanes) is 2. The third-order valence-electron chi connectivity index (χ3n) is 2.66. The van der Waals surface area contributed by atoms with Crippen molar-refractivity contribution in [2.75, 3.05) is 13.2 Å². The van der Waals surface area contributed by atoms with Crippen LogP contribution in [0.3, 0.4) is 0 Å². The highest BCUT2D eigenvalue weighted by atomic mass is 16.6.